The molecule has 3 rings (SSSR count). The Hall–Kier alpha value is -2.62. The van der Waals surface area contributed by atoms with Gasteiger partial charge in [-0.3, -0.25) is 9.59 Å². The van der Waals surface area contributed by atoms with Crippen LogP contribution >= 0.6 is 0 Å². The van der Waals surface area contributed by atoms with Crippen molar-refractivity contribution >= 4 is 17.5 Å². The highest BCUT2D eigenvalue weighted by molar-refractivity contribution is 6.13. The van der Waals surface area contributed by atoms with Crippen molar-refractivity contribution in [3.05, 3.63) is 65.7 Å². The molecule has 2 aromatic carbocycles. The number of benzene rings is 2. The fraction of sp³-hybridized carbons (Fsp3) is 0.300. The average Bonchev–Trinajstić information content (AvgIpc) is 3.39. The first-order valence-corrected chi connectivity index (χ1v) is 8.26. The Morgan fingerprint density at radius 3 is 2.21 bits per heavy atom. The van der Waals surface area contributed by atoms with Crippen LogP contribution in [0.1, 0.15) is 36.9 Å². The van der Waals surface area contributed by atoms with Crippen LogP contribution in [0.15, 0.2) is 54.6 Å². The Morgan fingerprint density at radius 2 is 1.58 bits per heavy atom. The number of aryl methyl sites for hydroxylation is 1. The third-order valence-corrected chi connectivity index (χ3v) is 4.66. The Morgan fingerprint density at radius 1 is 0.958 bits per heavy atom. The van der Waals surface area contributed by atoms with Crippen molar-refractivity contribution in [2.45, 2.75) is 32.7 Å². The van der Waals surface area contributed by atoms with Crippen LogP contribution < -0.4 is 10.6 Å². The molecule has 0 radical (unpaired) electrons. The summed E-state index contributed by atoms with van der Waals surface area (Å²) in [4.78, 5) is 25.3. The third kappa shape index (κ3) is 3.18. The molecule has 0 saturated heterocycles. The summed E-state index contributed by atoms with van der Waals surface area (Å²) in [5.41, 5.74) is 1.85. The first-order chi connectivity index (χ1) is 11.5. The van der Waals surface area contributed by atoms with Gasteiger partial charge < -0.3 is 10.6 Å². The normalized spacial score (nSPS) is 16.1. The largest absolute Gasteiger partial charge is 0.349 e. The minimum Gasteiger partial charge on any atom is -0.349 e. The van der Waals surface area contributed by atoms with Gasteiger partial charge in [-0.05, 0) is 43.9 Å². The maximum Gasteiger partial charge on any atom is 0.240 e. The van der Waals surface area contributed by atoms with E-state index in [1.165, 1.54) is 0 Å². The summed E-state index contributed by atoms with van der Waals surface area (Å²) in [5.74, 6) is -0.403. The molecule has 4 nitrogen and oxygen atoms in total. The maximum atomic E-state index is 12.7. The molecular weight excluding hydrogens is 300 g/mol. The molecular formula is C20H22N2O2. The Labute approximate surface area is 142 Å². The molecule has 4 heteroatoms. The highest BCUT2D eigenvalue weighted by Crippen LogP contribution is 2.47. The summed E-state index contributed by atoms with van der Waals surface area (Å²) in [6, 6.07) is 17.2. The molecule has 0 spiro atoms. The van der Waals surface area contributed by atoms with E-state index in [0.717, 1.165) is 16.8 Å². The lowest BCUT2D eigenvalue weighted by atomic mass is 10.0. The van der Waals surface area contributed by atoms with Gasteiger partial charge in [-0.25, -0.2) is 0 Å². The molecule has 1 fully saturated rings. The van der Waals surface area contributed by atoms with E-state index in [1.54, 1.807) is 0 Å². The van der Waals surface area contributed by atoms with Crippen molar-refractivity contribution in [1.82, 2.24) is 5.32 Å². The van der Waals surface area contributed by atoms with Gasteiger partial charge in [-0.2, -0.15) is 0 Å². The number of anilines is 1. The SMILES string of the molecule is Cc1ccccc1NC(=O)C1(C(=O)NC(C)c2ccccc2)CC1. The zero-order chi connectivity index (χ0) is 17.2. The molecule has 2 N–H and O–H groups in total. The van der Waals surface area contributed by atoms with Gasteiger partial charge in [0.25, 0.3) is 0 Å². The average molecular weight is 322 g/mol. The van der Waals surface area contributed by atoms with Crippen LogP contribution in [0.25, 0.3) is 0 Å². The number of hydrogen-bond donors (Lipinski definition) is 2. The monoisotopic (exact) mass is 322 g/mol. The molecule has 24 heavy (non-hydrogen) atoms. The summed E-state index contributed by atoms with van der Waals surface area (Å²) in [6.07, 6.45) is 1.19. The summed E-state index contributed by atoms with van der Waals surface area (Å²) < 4.78 is 0. The van der Waals surface area contributed by atoms with Gasteiger partial charge in [-0.15, -0.1) is 0 Å². The van der Waals surface area contributed by atoms with Gasteiger partial charge in [0.1, 0.15) is 5.41 Å². The minimum atomic E-state index is -0.925. The fourth-order valence-corrected chi connectivity index (χ4v) is 2.80. The highest BCUT2D eigenvalue weighted by atomic mass is 16.2. The molecule has 1 atom stereocenters. The molecule has 0 heterocycles. The van der Waals surface area contributed by atoms with Crippen LogP contribution in [-0.4, -0.2) is 11.8 Å². The smallest absolute Gasteiger partial charge is 0.240 e. The van der Waals surface area contributed by atoms with E-state index < -0.39 is 5.41 Å². The quantitative estimate of drug-likeness (QED) is 0.827. The van der Waals surface area contributed by atoms with Crippen molar-refractivity contribution in [2.75, 3.05) is 5.32 Å². The Kier molecular flexibility index (Phi) is 4.38. The second-order valence-electron chi connectivity index (χ2n) is 6.46. The van der Waals surface area contributed by atoms with E-state index in [1.807, 2.05) is 68.4 Å². The van der Waals surface area contributed by atoms with Crippen molar-refractivity contribution in [2.24, 2.45) is 5.41 Å². The van der Waals surface area contributed by atoms with Gasteiger partial charge in [0, 0.05) is 5.69 Å². The van der Waals surface area contributed by atoms with Crippen LogP contribution in [0.5, 0.6) is 0 Å². The van der Waals surface area contributed by atoms with Gasteiger partial charge in [0.05, 0.1) is 6.04 Å². The predicted octanol–water partition coefficient (Wildman–Crippen LogP) is 3.59. The first kappa shape index (κ1) is 16.2. The van der Waals surface area contributed by atoms with E-state index >= 15 is 0 Å². The molecule has 1 unspecified atom stereocenters. The lowest BCUT2D eigenvalue weighted by Gasteiger charge is -2.20. The number of hydrogen-bond acceptors (Lipinski definition) is 2. The number of nitrogens with one attached hydrogen (secondary N) is 2. The van der Waals surface area contributed by atoms with E-state index in [4.69, 9.17) is 0 Å². The summed E-state index contributed by atoms with van der Waals surface area (Å²) in [7, 11) is 0. The van der Waals surface area contributed by atoms with Crippen LogP contribution in [-0.2, 0) is 9.59 Å². The number of carbonyl (C=O) groups excluding carboxylic acids is 2. The van der Waals surface area contributed by atoms with E-state index in [2.05, 4.69) is 10.6 Å². The molecule has 0 bridgehead atoms. The summed E-state index contributed by atoms with van der Waals surface area (Å²) >= 11 is 0. The summed E-state index contributed by atoms with van der Waals surface area (Å²) in [5, 5.41) is 5.89. The lowest BCUT2D eigenvalue weighted by molar-refractivity contribution is -0.134. The van der Waals surface area contributed by atoms with E-state index in [0.29, 0.717) is 12.8 Å². The summed E-state index contributed by atoms with van der Waals surface area (Å²) in [6.45, 7) is 3.87. The van der Waals surface area contributed by atoms with Crippen LogP contribution in [0, 0.1) is 12.3 Å². The number of carbonyl (C=O) groups is 2. The molecule has 2 amide bonds. The number of para-hydroxylation sites is 1. The van der Waals surface area contributed by atoms with E-state index in [-0.39, 0.29) is 17.9 Å². The zero-order valence-electron chi connectivity index (χ0n) is 14.0. The van der Waals surface area contributed by atoms with Gasteiger partial charge >= 0.3 is 0 Å². The minimum absolute atomic E-state index is 0.123. The van der Waals surface area contributed by atoms with E-state index in [9.17, 15) is 9.59 Å². The molecule has 2 aromatic rings. The Balaban J connectivity index is 1.68. The molecule has 1 saturated carbocycles. The van der Waals surface area contributed by atoms with Crippen molar-refractivity contribution in [3.8, 4) is 0 Å². The molecule has 0 aliphatic heterocycles. The lowest BCUT2D eigenvalue weighted by Crippen LogP contribution is -2.41. The molecule has 1 aliphatic carbocycles. The first-order valence-electron chi connectivity index (χ1n) is 8.26. The number of amides is 2. The molecule has 1 aliphatic rings. The molecule has 0 aromatic heterocycles. The van der Waals surface area contributed by atoms with Crippen LogP contribution in [0.3, 0.4) is 0 Å². The number of rotatable bonds is 5. The topological polar surface area (TPSA) is 58.2 Å². The standard InChI is InChI=1S/C20H22N2O2/c1-14-8-6-7-11-17(14)22-19(24)20(12-13-20)18(23)21-15(2)16-9-4-3-5-10-16/h3-11,15H,12-13H2,1-2H3,(H,21,23)(H,22,24). The van der Waals surface area contributed by atoms with Crippen LogP contribution in [0.2, 0.25) is 0 Å². The third-order valence-electron chi connectivity index (χ3n) is 4.66. The van der Waals surface area contributed by atoms with Crippen molar-refractivity contribution in [1.29, 1.82) is 0 Å². The van der Waals surface area contributed by atoms with Crippen molar-refractivity contribution in [3.63, 3.8) is 0 Å². The predicted molar refractivity (Wildman–Crippen MR) is 94.5 cm³/mol. The second-order valence-corrected chi connectivity index (χ2v) is 6.46. The zero-order valence-corrected chi connectivity index (χ0v) is 14.0. The van der Waals surface area contributed by atoms with Gasteiger partial charge in [-0.1, -0.05) is 48.5 Å². The maximum absolute atomic E-state index is 12.7. The van der Waals surface area contributed by atoms with Crippen LogP contribution in [0.4, 0.5) is 5.69 Å². The Bertz CT molecular complexity index is 751. The second kappa shape index (κ2) is 6.48. The molecule has 124 valence electrons. The van der Waals surface area contributed by atoms with Gasteiger partial charge in [0.15, 0.2) is 0 Å². The van der Waals surface area contributed by atoms with Crippen molar-refractivity contribution < 1.29 is 9.59 Å². The van der Waals surface area contributed by atoms with Gasteiger partial charge in [0.2, 0.25) is 11.8 Å². The fourth-order valence-electron chi connectivity index (χ4n) is 2.80. The highest BCUT2D eigenvalue weighted by Gasteiger charge is 2.56.